The fraction of sp³-hybridized carbons (Fsp3) is 0.588. The minimum atomic E-state index is -1.13. The molecule has 5 atom stereocenters. The second-order valence-electron chi connectivity index (χ2n) is 6.14. The summed E-state index contributed by atoms with van der Waals surface area (Å²) in [5, 5.41) is 35.5. The molecular weight excluding hydrogens is 328 g/mol. The lowest BCUT2D eigenvalue weighted by Gasteiger charge is -2.40. The average Bonchev–Trinajstić information content (AvgIpc) is 2.60. The molecule has 2 rings (SSSR count). The highest BCUT2D eigenvalue weighted by Crippen LogP contribution is 2.19. The average molecular weight is 354 g/mol. The third-order valence-electron chi connectivity index (χ3n) is 4.24. The molecule has 1 unspecified atom stereocenters. The van der Waals surface area contributed by atoms with E-state index in [1.54, 1.807) is 6.92 Å². The molecule has 1 heterocycles. The summed E-state index contributed by atoms with van der Waals surface area (Å²) in [6.07, 6.45) is -2.48. The lowest BCUT2D eigenvalue weighted by molar-refractivity contribution is -0.118. The standard InChI is InChI=1S/C17H26N2O4S/c1-11-15(21)17(23)16(22)13(19-11)7-8-24-10-14(20)18-9-12-5-3-2-4-6-12/h2-6,11,13,15-17,19,21-23H,7-10H2,1H3,(H,18,20)/t11?,13-,15-,16+,17+/m1/s1. The zero-order valence-electron chi connectivity index (χ0n) is 13.8. The molecule has 6 nitrogen and oxygen atoms in total. The van der Waals surface area contributed by atoms with E-state index >= 15 is 0 Å². The van der Waals surface area contributed by atoms with Gasteiger partial charge in [0, 0.05) is 18.6 Å². The van der Waals surface area contributed by atoms with Gasteiger partial charge in [-0.2, -0.15) is 11.8 Å². The number of carbonyl (C=O) groups excluding carboxylic acids is 1. The zero-order valence-corrected chi connectivity index (χ0v) is 14.6. The van der Waals surface area contributed by atoms with Crippen LogP contribution in [0.3, 0.4) is 0 Å². The molecule has 134 valence electrons. The Morgan fingerprint density at radius 2 is 1.88 bits per heavy atom. The predicted octanol–water partition coefficient (Wildman–Crippen LogP) is -0.131. The van der Waals surface area contributed by atoms with E-state index in [-0.39, 0.29) is 18.0 Å². The number of amides is 1. The number of nitrogens with one attached hydrogen (secondary N) is 2. The van der Waals surface area contributed by atoms with Crippen LogP contribution < -0.4 is 10.6 Å². The van der Waals surface area contributed by atoms with E-state index in [2.05, 4.69) is 10.6 Å². The quantitative estimate of drug-likeness (QED) is 0.437. The summed E-state index contributed by atoms with van der Waals surface area (Å²) >= 11 is 1.49. The number of aliphatic hydroxyl groups is 3. The molecule has 1 aromatic carbocycles. The van der Waals surface area contributed by atoms with Crippen LogP contribution in [0.25, 0.3) is 0 Å². The number of piperidine rings is 1. The third kappa shape index (κ3) is 5.46. The summed E-state index contributed by atoms with van der Waals surface area (Å²) in [4.78, 5) is 11.8. The maximum atomic E-state index is 11.8. The van der Waals surface area contributed by atoms with Crippen LogP contribution in [0.2, 0.25) is 0 Å². The second-order valence-corrected chi connectivity index (χ2v) is 7.24. The largest absolute Gasteiger partial charge is 0.389 e. The van der Waals surface area contributed by atoms with Crippen LogP contribution in [0.15, 0.2) is 30.3 Å². The number of thioether (sulfide) groups is 1. The Kier molecular flexibility index (Phi) is 7.51. The predicted molar refractivity (Wildman–Crippen MR) is 94.6 cm³/mol. The van der Waals surface area contributed by atoms with Gasteiger partial charge in [0.25, 0.3) is 0 Å². The Labute approximate surface area is 146 Å². The van der Waals surface area contributed by atoms with Crippen molar-refractivity contribution >= 4 is 17.7 Å². The summed E-state index contributed by atoms with van der Waals surface area (Å²) in [6.45, 7) is 2.29. The first-order valence-corrected chi connectivity index (χ1v) is 9.33. The molecule has 1 aromatic rings. The Balaban J connectivity index is 1.63. The van der Waals surface area contributed by atoms with Crippen LogP contribution in [0.4, 0.5) is 0 Å². The van der Waals surface area contributed by atoms with E-state index < -0.39 is 18.3 Å². The smallest absolute Gasteiger partial charge is 0.230 e. The van der Waals surface area contributed by atoms with Crippen molar-refractivity contribution in [3.05, 3.63) is 35.9 Å². The van der Waals surface area contributed by atoms with Crippen molar-refractivity contribution in [1.82, 2.24) is 10.6 Å². The molecule has 0 aromatic heterocycles. The lowest BCUT2D eigenvalue weighted by Crippen LogP contribution is -2.63. The van der Waals surface area contributed by atoms with Crippen molar-refractivity contribution in [1.29, 1.82) is 0 Å². The first-order valence-electron chi connectivity index (χ1n) is 8.17. The number of carbonyl (C=O) groups is 1. The third-order valence-corrected chi connectivity index (χ3v) is 5.23. The molecular formula is C17H26N2O4S. The second kappa shape index (κ2) is 9.39. The minimum Gasteiger partial charge on any atom is -0.389 e. The van der Waals surface area contributed by atoms with E-state index in [1.807, 2.05) is 30.3 Å². The van der Waals surface area contributed by atoms with E-state index in [9.17, 15) is 20.1 Å². The monoisotopic (exact) mass is 354 g/mol. The summed E-state index contributed by atoms with van der Waals surface area (Å²) in [5.41, 5.74) is 1.06. The van der Waals surface area contributed by atoms with Gasteiger partial charge in [0.15, 0.2) is 0 Å². The summed E-state index contributed by atoms with van der Waals surface area (Å²) in [5.74, 6) is 1.02. The SMILES string of the molecule is CC1N[C@H](CCSCC(=O)NCc2ccccc2)[C@H](O)[C@@H](O)[C@@H]1O. The number of benzene rings is 1. The van der Waals surface area contributed by atoms with E-state index in [0.717, 1.165) is 5.56 Å². The van der Waals surface area contributed by atoms with Crippen molar-refractivity contribution in [3.8, 4) is 0 Å². The van der Waals surface area contributed by atoms with Gasteiger partial charge in [-0.25, -0.2) is 0 Å². The fourth-order valence-electron chi connectivity index (χ4n) is 2.75. The molecule has 0 bridgehead atoms. The van der Waals surface area contributed by atoms with Gasteiger partial charge < -0.3 is 26.0 Å². The molecule has 0 saturated carbocycles. The first kappa shape index (κ1) is 19.2. The van der Waals surface area contributed by atoms with Crippen molar-refractivity contribution in [2.75, 3.05) is 11.5 Å². The molecule has 1 aliphatic rings. The van der Waals surface area contributed by atoms with Crippen molar-refractivity contribution in [2.24, 2.45) is 0 Å². The lowest BCUT2D eigenvalue weighted by atomic mass is 9.90. The highest BCUT2D eigenvalue weighted by Gasteiger charge is 2.39. The number of hydrogen-bond acceptors (Lipinski definition) is 6. The van der Waals surface area contributed by atoms with Crippen molar-refractivity contribution < 1.29 is 20.1 Å². The molecule has 0 aliphatic carbocycles. The maximum absolute atomic E-state index is 11.8. The van der Waals surface area contributed by atoms with Crippen LogP contribution in [-0.4, -0.2) is 63.1 Å². The molecule has 7 heteroatoms. The summed E-state index contributed by atoms with van der Waals surface area (Å²) in [6, 6.07) is 9.18. The van der Waals surface area contributed by atoms with Gasteiger partial charge in [0.05, 0.1) is 18.0 Å². The number of rotatable bonds is 7. The zero-order chi connectivity index (χ0) is 17.5. The Morgan fingerprint density at radius 1 is 1.17 bits per heavy atom. The highest BCUT2D eigenvalue weighted by molar-refractivity contribution is 7.99. The summed E-state index contributed by atoms with van der Waals surface area (Å²) in [7, 11) is 0. The molecule has 24 heavy (non-hydrogen) atoms. The minimum absolute atomic E-state index is 0.0233. The maximum Gasteiger partial charge on any atom is 0.230 e. The normalized spacial score (nSPS) is 30.1. The molecule has 5 N–H and O–H groups in total. The van der Waals surface area contributed by atoms with Gasteiger partial charge in [0.1, 0.15) is 6.10 Å². The topological polar surface area (TPSA) is 102 Å². The Hall–Kier alpha value is -1.12. The molecule has 1 saturated heterocycles. The van der Waals surface area contributed by atoms with Crippen molar-refractivity contribution in [3.63, 3.8) is 0 Å². The van der Waals surface area contributed by atoms with Crippen LogP contribution in [0.5, 0.6) is 0 Å². The van der Waals surface area contributed by atoms with Gasteiger partial charge in [0.2, 0.25) is 5.91 Å². The Bertz CT molecular complexity index is 517. The summed E-state index contributed by atoms with van der Waals surface area (Å²) < 4.78 is 0. The van der Waals surface area contributed by atoms with E-state index in [1.165, 1.54) is 11.8 Å². The molecule has 0 radical (unpaired) electrons. The van der Waals surface area contributed by atoms with Gasteiger partial charge in [-0.05, 0) is 24.7 Å². The first-order chi connectivity index (χ1) is 11.5. The molecule has 1 amide bonds. The van der Waals surface area contributed by atoms with Crippen LogP contribution in [0, 0.1) is 0 Å². The molecule has 0 spiro atoms. The van der Waals surface area contributed by atoms with Gasteiger partial charge in [-0.1, -0.05) is 30.3 Å². The molecule has 1 aliphatic heterocycles. The van der Waals surface area contributed by atoms with Crippen LogP contribution >= 0.6 is 11.8 Å². The van der Waals surface area contributed by atoms with Crippen molar-refractivity contribution in [2.45, 2.75) is 50.3 Å². The number of hydrogen-bond donors (Lipinski definition) is 5. The fourth-order valence-corrected chi connectivity index (χ4v) is 3.60. The van der Waals surface area contributed by atoms with E-state index in [4.69, 9.17) is 0 Å². The molecule has 1 fully saturated rings. The Morgan fingerprint density at radius 3 is 2.58 bits per heavy atom. The van der Waals surface area contributed by atoms with E-state index in [0.29, 0.717) is 24.5 Å². The number of aliphatic hydroxyl groups excluding tert-OH is 3. The van der Waals surface area contributed by atoms with Crippen LogP contribution in [-0.2, 0) is 11.3 Å². The van der Waals surface area contributed by atoms with Gasteiger partial charge in [-0.3, -0.25) is 4.79 Å². The highest BCUT2D eigenvalue weighted by atomic mass is 32.2. The van der Waals surface area contributed by atoms with Gasteiger partial charge >= 0.3 is 0 Å². The van der Waals surface area contributed by atoms with Gasteiger partial charge in [-0.15, -0.1) is 0 Å². The van der Waals surface area contributed by atoms with Crippen LogP contribution in [0.1, 0.15) is 18.9 Å².